The number of hydrogen-bond donors (Lipinski definition) is 0. The highest BCUT2D eigenvalue weighted by atomic mass is 15.3. The van der Waals surface area contributed by atoms with Crippen molar-refractivity contribution in [3.63, 3.8) is 0 Å². The minimum Gasteiger partial charge on any atom is -0.378 e. The normalized spacial score (nSPS) is 17.4. The molecule has 0 amide bonds. The Labute approximate surface area is 181 Å². The zero-order valence-corrected chi connectivity index (χ0v) is 18.4. The highest BCUT2D eigenvalue weighted by Crippen LogP contribution is 2.26. The Morgan fingerprint density at radius 3 is 2.40 bits per heavy atom. The molecule has 156 valence electrons. The zero-order valence-electron chi connectivity index (χ0n) is 18.4. The van der Waals surface area contributed by atoms with Crippen molar-refractivity contribution in [3.05, 3.63) is 77.0 Å². The fourth-order valence-corrected chi connectivity index (χ4v) is 4.36. The van der Waals surface area contributed by atoms with Crippen LogP contribution >= 0.6 is 0 Å². The van der Waals surface area contributed by atoms with E-state index in [0.29, 0.717) is 0 Å². The lowest BCUT2D eigenvalue weighted by atomic mass is 10.0. The Hall–Kier alpha value is -2.74. The molecule has 2 aromatic carbocycles. The van der Waals surface area contributed by atoms with E-state index in [1.54, 1.807) is 11.3 Å². The number of rotatable bonds is 4. The highest BCUT2D eigenvalue weighted by Gasteiger charge is 2.27. The summed E-state index contributed by atoms with van der Waals surface area (Å²) in [6.07, 6.45) is 1.13. The van der Waals surface area contributed by atoms with Gasteiger partial charge in [0.15, 0.2) is 0 Å². The Balaban J connectivity index is 1.36. The van der Waals surface area contributed by atoms with E-state index in [-0.39, 0.29) is 0 Å². The van der Waals surface area contributed by atoms with Crippen LogP contribution in [0.25, 0.3) is 0 Å². The van der Waals surface area contributed by atoms with Gasteiger partial charge in [-0.25, -0.2) is 0 Å². The summed E-state index contributed by atoms with van der Waals surface area (Å²) in [4.78, 5) is 9.62. The standard InChI is InChI=1S/C26H32N4/c1-27(2)25-13-11-23(12-14-25)18-30-20-24-19-29(17-15-26(24)28(3)21-30)16-7-10-22-8-5-4-6-9-22/h4-6,8-9,11-14H,15-21H2,1-3H3. The van der Waals surface area contributed by atoms with Crippen molar-refractivity contribution in [2.24, 2.45) is 0 Å². The minimum atomic E-state index is 0.835. The second kappa shape index (κ2) is 9.38. The molecule has 0 bridgehead atoms. The lowest BCUT2D eigenvalue weighted by molar-refractivity contribution is 0.137. The molecule has 0 saturated heterocycles. The first-order valence-electron chi connectivity index (χ1n) is 10.8. The van der Waals surface area contributed by atoms with Crippen LogP contribution in [0.3, 0.4) is 0 Å². The van der Waals surface area contributed by atoms with Crippen LogP contribution in [0.1, 0.15) is 17.5 Å². The second-order valence-electron chi connectivity index (χ2n) is 8.57. The third kappa shape index (κ3) is 5.05. The third-order valence-electron chi connectivity index (χ3n) is 5.94. The molecule has 4 heteroatoms. The highest BCUT2D eigenvalue weighted by molar-refractivity contribution is 5.46. The van der Waals surface area contributed by atoms with Crippen molar-refractivity contribution >= 4 is 5.69 Å². The molecule has 2 aliphatic heterocycles. The molecule has 0 radical (unpaired) electrons. The van der Waals surface area contributed by atoms with Crippen molar-refractivity contribution in [2.75, 3.05) is 58.9 Å². The molecule has 0 unspecified atom stereocenters. The number of hydrogen-bond acceptors (Lipinski definition) is 4. The molecule has 0 saturated carbocycles. The Kier molecular flexibility index (Phi) is 6.42. The van der Waals surface area contributed by atoms with E-state index in [9.17, 15) is 0 Å². The van der Waals surface area contributed by atoms with Crippen molar-refractivity contribution < 1.29 is 0 Å². The molecule has 2 aromatic rings. The van der Waals surface area contributed by atoms with Crippen LogP contribution in [-0.4, -0.2) is 68.7 Å². The zero-order chi connectivity index (χ0) is 20.9. The van der Waals surface area contributed by atoms with Crippen LogP contribution in [0, 0.1) is 11.8 Å². The predicted octanol–water partition coefficient (Wildman–Crippen LogP) is 3.47. The smallest absolute Gasteiger partial charge is 0.0706 e. The molecule has 0 N–H and O–H groups in total. The molecule has 0 aliphatic carbocycles. The maximum absolute atomic E-state index is 3.37. The summed E-state index contributed by atoms with van der Waals surface area (Å²) in [5, 5.41) is 0. The first kappa shape index (κ1) is 20.5. The minimum absolute atomic E-state index is 0.835. The second-order valence-corrected chi connectivity index (χ2v) is 8.57. The summed E-state index contributed by atoms with van der Waals surface area (Å²) in [5.74, 6) is 6.66. The van der Waals surface area contributed by atoms with E-state index in [1.165, 1.54) is 11.3 Å². The molecular formula is C26H32N4. The molecule has 4 rings (SSSR count). The molecule has 0 spiro atoms. The maximum atomic E-state index is 3.37. The van der Waals surface area contributed by atoms with Gasteiger partial charge in [0.1, 0.15) is 0 Å². The monoisotopic (exact) mass is 400 g/mol. The first-order chi connectivity index (χ1) is 14.6. The van der Waals surface area contributed by atoms with Crippen LogP contribution < -0.4 is 4.90 Å². The average Bonchev–Trinajstić information content (AvgIpc) is 2.75. The SMILES string of the molecule is CN1CN(Cc2ccc(N(C)C)cc2)CC2=C1CCN(CC#Cc1ccccc1)C2. The summed E-state index contributed by atoms with van der Waals surface area (Å²) in [6, 6.07) is 19.2. The van der Waals surface area contributed by atoms with Crippen molar-refractivity contribution in [1.29, 1.82) is 0 Å². The van der Waals surface area contributed by atoms with Crippen LogP contribution in [-0.2, 0) is 6.54 Å². The van der Waals surface area contributed by atoms with E-state index in [4.69, 9.17) is 0 Å². The molecular weight excluding hydrogens is 368 g/mol. The summed E-state index contributed by atoms with van der Waals surface area (Å²) in [7, 11) is 6.41. The Bertz CT molecular complexity index is 934. The van der Waals surface area contributed by atoms with Crippen molar-refractivity contribution in [1.82, 2.24) is 14.7 Å². The topological polar surface area (TPSA) is 13.0 Å². The van der Waals surface area contributed by atoms with Gasteiger partial charge in [0, 0.05) is 70.7 Å². The van der Waals surface area contributed by atoms with Crippen molar-refractivity contribution in [2.45, 2.75) is 13.0 Å². The number of anilines is 1. The van der Waals surface area contributed by atoms with Crippen LogP contribution in [0.2, 0.25) is 0 Å². The lowest BCUT2D eigenvalue weighted by Gasteiger charge is -2.42. The molecule has 4 nitrogen and oxygen atoms in total. The van der Waals surface area contributed by atoms with E-state index < -0.39 is 0 Å². The maximum Gasteiger partial charge on any atom is 0.0706 e. The van der Waals surface area contributed by atoms with E-state index in [1.807, 2.05) is 18.2 Å². The molecule has 30 heavy (non-hydrogen) atoms. The molecule has 0 aromatic heterocycles. The van der Waals surface area contributed by atoms with E-state index in [2.05, 4.69) is 89.0 Å². The van der Waals surface area contributed by atoms with Gasteiger partial charge in [0.25, 0.3) is 0 Å². The van der Waals surface area contributed by atoms with Gasteiger partial charge < -0.3 is 9.80 Å². The van der Waals surface area contributed by atoms with Gasteiger partial charge in [-0.3, -0.25) is 9.80 Å². The number of benzene rings is 2. The Morgan fingerprint density at radius 2 is 1.67 bits per heavy atom. The molecule has 0 atom stereocenters. The largest absolute Gasteiger partial charge is 0.378 e. The quantitative estimate of drug-likeness (QED) is 0.729. The summed E-state index contributed by atoms with van der Waals surface area (Å²) >= 11 is 0. The van der Waals surface area contributed by atoms with Gasteiger partial charge >= 0.3 is 0 Å². The van der Waals surface area contributed by atoms with Crippen LogP contribution in [0.4, 0.5) is 5.69 Å². The first-order valence-corrected chi connectivity index (χ1v) is 10.8. The Morgan fingerprint density at radius 1 is 0.933 bits per heavy atom. The van der Waals surface area contributed by atoms with Gasteiger partial charge in [-0.2, -0.15) is 0 Å². The number of nitrogens with zero attached hydrogens (tertiary/aromatic N) is 4. The fraction of sp³-hybridized carbons (Fsp3) is 0.385. The summed E-state index contributed by atoms with van der Waals surface area (Å²) in [6.45, 7) is 6.00. The van der Waals surface area contributed by atoms with Gasteiger partial charge in [-0.15, -0.1) is 0 Å². The lowest BCUT2D eigenvalue weighted by Crippen LogP contribution is -2.47. The summed E-state index contributed by atoms with van der Waals surface area (Å²) < 4.78 is 0. The fourth-order valence-electron chi connectivity index (χ4n) is 4.36. The molecule has 2 heterocycles. The average molecular weight is 401 g/mol. The van der Waals surface area contributed by atoms with Gasteiger partial charge in [-0.05, 0) is 35.4 Å². The van der Waals surface area contributed by atoms with Crippen LogP contribution in [0.5, 0.6) is 0 Å². The van der Waals surface area contributed by atoms with Gasteiger partial charge in [0.05, 0.1) is 13.2 Å². The van der Waals surface area contributed by atoms with Crippen LogP contribution in [0.15, 0.2) is 65.9 Å². The summed E-state index contributed by atoms with van der Waals surface area (Å²) in [5.41, 5.74) is 6.82. The van der Waals surface area contributed by atoms with Crippen molar-refractivity contribution in [3.8, 4) is 11.8 Å². The van der Waals surface area contributed by atoms with E-state index >= 15 is 0 Å². The third-order valence-corrected chi connectivity index (χ3v) is 5.94. The van der Waals surface area contributed by atoms with Gasteiger partial charge in [-0.1, -0.05) is 42.2 Å². The molecule has 2 aliphatic rings. The predicted molar refractivity (Wildman–Crippen MR) is 125 cm³/mol. The molecule has 0 fully saturated rings. The van der Waals surface area contributed by atoms with Gasteiger partial charge in [0.2, 0.25) is 0 Å². The van der Waals surface area contributed by atoms with E-state index in [0.717, 1.165) is 51.4 Å².